The van der Waals surface area contributed by atoms with E-state index in [1.165, 1.54) is 37.0 Å². The molecule has 0 saturated heterocycles. The van der Waals surface area contributed by atoms with Gasteiger partial charge in [0.15, 0.2) is 0 Å². The molecule has 1 saturated carbocycles. The predicted octanol–water partition coefficient (Wildman–Crippen LogP) is 3.53. The van der Waals surface area contributed by atoms with Gasteiger partial charge in [-0.1, -0.05) is 30.9 Å². The first-order valence-corrected chi connectivity index (χ1v) is 8.52. The second-order valence-corrected chi connectivity index (χ2v) is 7.49. The van der Waals surface area contributed by atoms with Crippen molar-refractivity contribution in [2.75, 3.05) is 20.1 Å². The van der Waals surface area contributed by atoms with Crippen molar-refractivity contribution in [2.24, 2.45) is 5.92 Å². The zero-order chi connectivity index (χ0) is 14.4. The van der Waals surface area contributed by atoms with Crippen molar-refractivity contribution >= 4 is 28.8 Å². The number of likely N-dealkylation sites (N-methyl/N-ethyl adjacent to an activating group) is 1. The highest BCUT2D eigenvalue weighted by Crippen LogP contribution is 2.23. The zero-order valence-corrected chi connectivity index (χ0v) is 13.6. The Hall–Kier alpha value is -0.580. The SMILES string of the molecule is CN(CC(=O)NCC1CCCCC1)Cc1ccc(Cl)s1. The highest BCUT2D eigenvalue weighted by atomic mass is 35.5. The van der Waals surface area contributed by atoms with E-state index in [-0.39, 0.29) is 5.91 Å². The maximum atomic E-state index is 11.9. The van der Waals surface area contributed by atoms with Gasteiger partial charge in [-0.2, -0.15) is 0 Å². The van der Waals surface area contributed by atoms with E-state index in [0.717, 1.165) is 17.4 Å². The summed E-state index contributed by atoms with van der Waals surface area (Å²) in [5, 5.41) is 3.07. The van der Waals surface area contributed by atoms with Crippen LogP contribution in [0.3, 0.4) is 0 Å². The van der Waals surface area contributed by atoms with Crippen LogP contribution < -0.4 is 5.32 Å². The average molecular weight is 315 g/mol. The minimum atomic E-state index is 0.126. The van der Waals surface area contributed by atoms with Crippen molar-refractivity contribution in [1.29, 1.82) is 0 Å². The van der Waals surface area contributed by atoms with Crippen molar-refractivity contribution in [1.82, 2.24) is 10.2 Å². The molecule has 1 aliphatic rings. The van der Waals surface area contributed by atoms with Gasteiger partial charge in [-0.3, -0.25) is 9.69 Å². The number of nitrogens with one attached hydrogen (secondary N) is 1. The maximum Gasteiger partial charge on any atom is 0.234 e. The van der Waals surface area contributed by atoms with Crippen LogP contribution in [0.1, 0.15) is 37.0 Å². The molecule has 1 aromatic heterocycles. The van der Waals surface area contributed by atoms with E-state index in [0.29, 0.717) is 12.5 Å². The molecule has 0 spiro atoms. The smallest absolute Gasteiger partial charge is 0.234 e. The summed E-state index contributed by atoms with van der Waals surface area (Å²) in [7, 11) is 1.97. The van der Waals surface area contributed by atoms with Gasteiger partial charge in [-0.05, 0) is 37.9 Å². The number of nitrogens with zero attached hydrogens (tertiary/aromatic N) is 1. The molecule has 0 unspecified atom stereocenters. The van der Waals surface area contributed by atoms with Crippen LogP contribution >= 0.6 is 22.9 Å². The lowest BCUT2D eigenvalue weighted by molar-refractivity contribution is -0.122. The van der Waals surface area contributed by atoms with Gasteiger partial charge in [0, 0.05) is 18.0 Å². The van der Waals surface area contributed by atoms with E-state index in [1.807, 2.05) is 24.1 Å². The minimum Gasteiger partial charge on any atom is -0.355 e. The minimum absolute atomic E-state index is 0.126. The van der Waals surface area contributed by atoms with Gasteiger partial charge in [0.05, 0.1) is 10.9 Å². The van der Waals surface area contributed by atoms with Crippen LogP contribution in [-0.2, 0) is 11.3 Å². The number of hydrogen-bond donors (Lipinski definition) is 1. The van der Waals surface area contributed by atoms with Crippen LogP contribution in [-0.4, -0.2) is 30.9 Å². The predicted molar refractivity (Wildman–Crippen MR) is 85.2 cm³/mol. The first-order chi connectivity index (χ1) is 9.63. The van der Waals surface area contributed by atoms with Crippen molar-refractivity contribution in [3.05, 3.63) is 21.3 Å². The molecule has 1 heterocycles. The van der Waals surface area contributed by atoms with Crippen LogP contribution in [0.25, 0.3) is 0 Å². The van der Waals surface area contributed by atoms with Gasteiger partial charge >= 0.3 is 0 Å². The molecule has 1 amide bonds. The Morgan fingerprint density at radius 2 is 2.15 bits per heavy atom. The molecule has 1 aliphatic carbocycles. The Balaban J connectivity index is 1.65. The molecule has 20 heavy (non-hydrogen) atoms. The number of amides is 1. The third kappa shape index (κ3) is 5.43. The fraction of sp³-hybridized carbons (Fsp3) is 0.667. The Bertz CT molecular complexity index is 429. The van der Waals surface area contributed by atoms with Gasteiger partial charge in [0.1, 0.15) is 0 Å². The summed E-state index contributed by atoms with van der Waals surface area (Å²) in [6.07, 6.45) is 6.53. The van der Waals surface area contributed by atoms with Crippen molar-refractivity contribution in [3.63, 3.8) is 0 Å². The molecule has 0 bridgehead atoms. The number of thiophene rings is 1. The molecule has 0 aliphatic heterocycles. The maximum absolute atomic E-state index is 11.9. The first-order valence-electron chi connectivity index (χ1n) is 7.33. The lowest BCUT2D eigenvalue weighted by Crippen LogP contribution is -2.37. The molecule has 0 atom stereocenters. The molecular formula is C15H23ClN2OS. The second kappa shape index (κ2) is 8.01. The van der Waals surface area contributed by atoms with E-state index in [2.05, 4.69) is 5.32 Å². The van der Waals surface area contributed by atoms with E-state index >= 15 is 0 Å². The van der Waals surface area contributed by atoms with Crippen LogP contribution in [0.2, 0.25) is 4.34 Å². The van der Waals surface area contributed by atoms with Gasteiger partial charge < -0.3 is 5.32 Å². The zero-order valence-electron chi connectivity index (χ0n) is 12.0. The highest BCUT2D eigenvalue weighted by Gasteiger charge is 2.15. The summed E-state index contributed by atoms with van der Waals surface area (Å²) in [6, 6.07) is 3.92. The quantitative estimate of drug-likeness (QED) is 0.871. The van der Waals surface area contributed by atoms with Crippen molar-refractivity contribution in [2.45, 2.75) is 38.6 Å². The van der Waals surface area contributed by atoms with Crippen molar-refractivity contribution in [3.8, 4) is 0 Å². The Morgan fingerprint density at radius 1 is 1.40 bits per heavy atom. The van der Waals surface area contributed by atoms with E-state index < -0.39 is 0 Å². The number of halogens is 1. The molecule has 2 rings (SSSR count). The topological polar surface area (TPSA) is 32.3 Å². The fourth-order valence-corrected chi connectivity index (χ4v) is 3.88. The molecule has 1 fully saturated rings. The molecule has 5 heteroatoms. The van der Waals surface area contributed by atoms with Crippen LogP contribution in [0, 0.1) is 5.92 Å². The van der Waals surface area contributed by atoms with Crippen LogP contribution in [0.4, 0.5) is 0 Å². The fourth-order valence-electron chi connectivity index (χ4n) is 2.71. The third-order valence-corrected chi connectivity index (χ3v) is 5.00. The summed E-state index contributed by atoms with van der Waals surface area (Å²) in [5.41, 5.74) is 0. The van der Waals surface area contributed by atoms with E-state index in [4.69, 9.17) is 11.6 Å². The van der Waals surface area contributed by atoms with Crippen LogP contribution in [0.15, 0.2) is 12.1 Å². The number of carbonyl (C=O) groups is 1. The second-order valence-electron chi connectivity index (χ2n) is 5.69. The number of carbonyl (C=O) groups excluding carboxylic acids is 1. The lowest BCUT2D eigenvalue weighted by atomic mass is 9.89. The Kier molecular flexibility index (Phi) is 6.33. The summed E-state index contributed by atoms with van der Waals surface area (Å²) >= 11 is 7.48. The Morgan fingerprint density at radius 3 is 2.80 bits per heavy atom. The molecule has 3 nitrogen and oxygen atoms in total. The first kappa shape index (κ1) is 15.8. The standard InChI is InChI=1S/C15H23ClN2OS/c1-18(10-13-7-8-14(16)20-13)11-15(19)17-9-12-5-3-2-4-6-12/h7-8,12H,2-6,9-11H2,1H3,(H,17,19). The van der Waals surface area contributed by atoms with E-state index in [9.17, 15) is 4.79 Å². The molecule has 1 aromatic rings. The van der Waals surface area contributed by atoms with Gasteiger partial charge in [0.25, 0.3) is 0 Å². The van der Waals surface area contributed by atoms with Crippen LogP contribution in [0.5, 0.6) is 0 Å². The lowest BCUT2D eigenvalue weighted by Gasteiger charge is -2.22. The average Bonchev–Trinajstić information content (AvgIpc) is 2.83. The summed E-state index contributed by atoms with van der Waals surface area (Å²) in [5.74, 6) is 0.815. The molecule has 1 N–H and O–H groups in total. The monoisotopic (exact) mass is 314 g/mol. The molecule has 112 valence electrons. The summed E-state index contributed by atoms with van der Waals surface area (Å²) in [4.78, 5) is 15.1. The highest BCUT2D eigenvalue weighted by molar-refractivity contribution is 7.16. The van der Waals surface area contributed by atoms with Crippen molar-refractivity contribution < 1.29 is 4.79 Å². The molecule has 0 radical (unpaired) electrons. The molecular weight excluding hydrogens is 292 g/mol. The van der Waals surface area contributed by atoms with Gasteiger partial charge in [-0.15, -0.1) is 11.3 Å². The number of hydrogen-bond acceptors (Lipinski definition) is 3. The van der Waals surface area contributed by atoms with E-state index in [1.54, 1.807) is 11.3 Å². The van der Waals surface area contributed by atoms with Gasteiger partial charge in [-0.25, -0.2) is 0 Å². The number of rotatable bonds is 6. The normalized spacial score (nSPS) is 16.6. The Labute approximate surface area is 130 Å². The third-order valence-electron chi connectivity index (χ3n) is 3.78. The van der Waals surface area contributed by atoms with Gasteiger partial charge in [0.2, 0.25) is 5.91 Å². The summed E-state index contributed by atoms with van der Waals surface area (Å²) in [6.45, 7) is 2.06. The largest absolute Gasteiger partial charge is 0.355 e. The molecule has 0 aromatic carbocycles. The summed E-state index contributed by atoms with van der Waals surface area (Å²) < 4.78 is 0.801.